The predicted molar refractivity (Wildman–Crippen MR) is 43.5 cm³/mol. The fourth-order valence-corrected chi connectivity index (χ4v) is 1.82. The van der Waals surface area contributed by atoms with Crippen LogP contribution in [0.1, 0.15) is 25.7 Å². The molecule has 0 saturated carbocycles. The van der Waals surface area contributed by atoms with Crippen LogP contribution in [0, 0.1) is 12.3 Å². The highest BCUT2D eigenvalue weighted by atomic mass is 14.2. The topological polar surface area (TPSA) is 0 Å². The number of fused-ring (bicyclic) bond motifs is 1. The lowest BCUT2D eigenvalue weighted by Crippen LogP contribution is -2.10. The van der Waals surface area contributed by atoms with Crippen molar-refractivity contribution in [3.8, 4) is 0 Å². The highest BCUT2D eigenvalue weighted by molar-refractivity contribution is 5.29. The van der Waals surface area contributed by atoms with Crippen molar-refractivity contribution in [3.63, 3.8) is 0 Å². The molecule has 0 heterocycles. The molecule has 0 unspecified atom stereocenters. The van der Waals surface area contributed by atoms with E-state index >= 15 is 0 Å². The summed E-state index contributed by atoms with van der Waals surface area (Å²) in [7, 11) is 0. The Kier molecular flexibility index (Phi) is 1.62. The molecule has 2 aliphatic carbocycles. The molecule has 1 radical (unpaired) electrons. The van der Waals surface area contributed by atoms with Gasteiger partial charge in [-0.3, -0.25) is 0 Å². The minimum absolute atomic E-state index is 0.804. The van der Waals surface area contributed by atoms with Gasteiger partial charge in [-0.05, 0) is 43.6 Å². The standard InChI is InChI=1S/C10H13/c1-2-6-10-8-4-3-7-9(10)5-1/h1,5-7,10H,2-4,8H2/t10-/m1/s1. The van der Waals surface area contributed by atoms with Crippen LogP contribution < -0.4 is 0 Å². The van der Waals surface area contributed by atoms with Gasteiger partial charge in [0.1, 0.15) is 0 Å². The number of hydrogen-bond donors (Lipinski definition) is 0. The first-order chi connectivity index (χ1) is 4.97. The largest absolute Gasteiger partial charge is 0.0840 e. The van der Waals surface area contributed by atoms with Crippen LogP contribution in [0.2, 0.25) is 0 Å². The summed E-state index contributed by atoms with van der Waals surface area (Å²) in [6.07, 6.45) is 14.6. The Bertz CT molecular complexity index is 174. The molecule has 0 spiro atoms. The monoisotopic (exact) mass is 133 g/mol. The first kappa shape index (κ1) is 6.21. The van der Waals surface area contributed by atoms with E-state index in [9.17, 15) is 0 Å². The van der Waals surface area contributed by atoms with Crippen molar-refractivity contribution in [3.05, 3.63) is 30.2 Å². The van der Waals surface area contributed by atoms with E-state index < -0.39 is 0 Å². The Hall–Kier alpha value is -0.520. The van der Waals surface area contributed by atoms with Gasteiger partial charge in [0.25, 0.3) is 0 Å². The molecule has 2 aliphatic rings. The van der Waals surface area contributed by atoms with Gasteiger partial charge in [-0.2, -0.15) is 0 Å². The second-order valence-electron chi connectivity index (χ2n) is 3.12. The van der Waals surface area contributed by atoms with Crippen molar-refractivity contribution < 1.29 is 0 Å². The first-order valence-corrected chi connectivity index (χ1v) is 4.17. The van der Waals surface area contributed by atoms with Crippen LogP contribution >= 0.6 is 0 Å². The molecule has 0 N–H and O–H groups in total. The molecule has 0 heteroatoms. The normalized spacial score (nSPS) is 31.2. The van der Waals surface area contributed by atoms with E-state index in [2.05, 4.69) is 24.6 Å². The molecule has 0 aromatic heterocycles. The van der Waals surface area contributed by atoms with Crippen molar-refractivity contribution in [1.82, 2.24) is 0 Å². The summed E-state index contributed by atoms with van der Waals surface area (Å²) in [5, 5.41) is 0. The van der Waals surface area contributed by atoms with Crippen molar-refractivity contribution in [1.29, 1.82) is 0 Å². The first-order valence-electron chi connectivity index (χ1n) is 4.17. The summed E-state index contributed by atoms with van der Waals surface area (Å²) in [6.45, 7) is 0. The molecule has 0 aromatic rings. The summed E-state index contributed by atoms with van der Waals surface area (Å²) in [5.41, 5.74) is 1.57. The van der Waals surface area contributed by atoms with Crippen molar-refractivity contribution in [2.24, 2.45) is 5.92 Å². The molecule has 0 aromatic carbocycles. The fourth-order valence-electron chi connectivity index (χ4n) is 1.82. The molecule has 2 rings (SSSR count). The van der Waals surface area contributed by atoms with E-state index in [1.54, 1.807) is 5.57 Å². The van der Waals surface area contributed by atoms with Crippen LogP contribution in [0.15, 0.2) is 23.8 Å². The Morgan fingerprint density at radius 1 is 1.40 bits per heavy atom. The number of rotatable bonds is 0. The number of hydrogen-bond acceptors (Lipinski definition) is 0. The Balaban J connectivity index is 2.21. The quantitative estimate of drug-likeness (QED) is 0.476. The highest BCUT2D eigenvalue weighted by Crippen LogP contribution is 2.31. The summed E-state index contributed by atoms with van der Waals surface area (Å²) in [4.78, 5) is 0. The van der Waals surface area contributed by atoms with E-state index in [-0.39, 0.29) is 0 Å². The van der Waals surface area contributed by atoms with Crippen LogP contribution in [0.3, 0.4) is 0 Å². The van der Waals surface area contributed by atoms with E-state index in [4.69, 9.17) is 0 Å². The maximum Gasteiger partial charge on any atom is -0.0131 e. The van der Waals surface area contributed by atoms with E-state index in [1.807, 2.05) is 0 Å². The lowest BCUT2D eigenvalue weighted by atomic mass is 9.81. The van der Waals surface area contributed by atoms with E-state index in [0.717, 1.165) is 5.92 Å². The molecule has 0 aliphatic heterocycles. The maximum atomic E-state index is 2.44. The van der Waals surface area contributed by atoms with Crippen LogP contribution in [0.4, 0.5) is 0 Å². The summed E-state index contributed by atoms with van der Waals surface area (Å²) in [6, 6.07) is 0. The molecule has 1 atom stereocenters. The SMILES string of the molecule is [CH]1CC=CC2=CCCC[C@@H]12. The number of allylic oxidation sites excluding steroid dienone is 4. The lowest BCUT2D eigenvalue weighted by Gasteiger charge is -2.24. The van der Waals surface area contributed by atoms with E-state index in [0.29, 0.717) is 0 Å². The van der Waals surface area contributed by atoms with E-state index in [1.165, 1.54) is 25.7 Å². The average molecular weight is 133 g/mol. The smallest absolute Gasteiger partial charge is 0.0131 e. The molecule has 10 heavy (non-hydrogen) atoms. The van der Waals surface area contributed by atoms with Gasteiger partial charge >= 0.3 is 0 Å². The van der Waals surface area contributed by atoms with Gasteiger partial charge in [-0.15, -0.1) is 0 Å². The third-order valence-corrected chi connectivity index (χ3v) is 2.39. The zero-order valence-corrected chi connectivity index (χ0v) is 6.22. The Morgan fingerprint density at radius 3 is 3.30 bits per heavy atom. The van der Waals surface area contributed by atoms with Crippen molar-refractivity contribution in [2.45, 2.75) is 25.7 Å². The maximum absolute atomic E-state index is 2.44. The zero-order valence-electron chi connectivity index (χ0n) is 6.22. The molecule has 0 fully saturated rings. The molecule has 0 amide bonds. The predicted octanol–water partition coefficient (Wildman–Crippen LogP) is 2.88. The van der Waals surface area contributed by atoms with Crippen molar-refractivity contribution in [2.75, 3.05) is 0 Å². The lowest BCUT2D eigenvalue weighted by molar-refractivity contribution is 0.563. The Labute approximate surface area is 62.6 Å². The highest BCUT2D eigenvalue weighted by Gasteiger charge is 2.17. The summed E-state index contributed by atoms with van der Waals surface area (Å²) >= 11 is 0. The molecule has 0 bridgehead atoms. The summed E-state index contributed by atoms with van der Waals surface area (Å²) in [5.74, 6) is 0.804. The fraction of sp³-hybridized carbons (Fsp3) is 0.500. The van der Waals surface area contributed by atoms with Crippen LogP contribution in [-0.4, -0.2) is 0 Å². The van der Waals surface area contributed by atoms with Gasteiger partial charge < -0.3 is 0 Å². The van der Waals surface area contributed by atoms with Gasteiger partial charge in [-0.25, -0.2) is 0 Å². The van der Waals surface area contributed by atoms with Gasteiger partial charge in [0, 0.05) is 0 Å². The Morgan fingerprint density at radius 2 is 2.40 bits per heavy atom. The third kappa shape index (κ3) is 1.03. The minimum Gasteiger partial charge on any atom is -0.0840 e. The third-order valence-electron chi connectivity index (χ3n) is 2.39. The van der Waals surface area contributed by atoms with Crippen molar-refractivity contribution >= 4 is 0 Å². The second-order valence-corrected chi connectivity index (χ2v) is 3.12. The molecule has 53 valence electrons. The van der Waals surface area contributed by atoms with Crippen LogP contribution in [-0.2, 0) is 0 Å². The van der Waals surface area contributed by atoms with Gasteiger partial charge in [0.15, 0.2) is 0 Å². The molecule has 0 nitrogen and oxygen atoms in total. The van der Waals surface area contributed by atoms with Gasteiger partial charge in [-0.1, -0.05) is 18.2 Å². The van der Waals surface area contributed by atoms with Crippen LogP contribution in [0.25, 0.3) is 0 Å². The molecule has 0 saturated heterocycles. The van der Waals surface area contributed by atoms with Gasteiger partial charge in [0.05, 0.1) is 0 Å². The van der Waals surface area contributed by atoms with Gasteiger partial charge in [0.2, 0.25) is 0 Å². The van der Waals surface area contributed by atoms with Crippen LogP contribution in [0.5, 0.6) is 0 Å². The zero-order chi connectivity index (χ0) is 6.81. The second kappa shape index (κ2) is 2.61. The molecular weight excluding hydrogens is 120 g/mol. The molecular formula is C10H13. The average Bonchev–Trinajstić information content (AvgIpc) is 2.05. The summed E-state index contributed by atoms with van der Waals surface area (Å²) < 4.78 is 0. The minimum atomic E-state index is 0.804.